The summed E-state index contributed by atoms with van der Waals surface area (Å²) >= 11 is 1.34. The third-order valence-electron chi connectivity index (χ3n) is 3.51. The first-order chi connectivity index (χ1) is 12.1. The summed E-state index contributed by atoms with van der Waals surface area (Å²) in [5, 5.41) is 17.5. The molecule has 0 aliphatic heterocycles. The van der Waals surface area contributed by atoms with Crippen LogP contribution in [0.3, 0.4) is 0 Å². The molecule has 3 rings (SSSR count). The average Bonchev–Trinajstić information content (AvgIpc) is 3.13. The van der Waals surface area contributed by atoms with Crippen molar-refractivity contribution in [1.82, 2.24) is 25.9 Å². The smallest absolute Gasteiger partial charge is 0.195 e. The van der Waals surface area contributed by atoms with Gasteiger partial charge in [-0.2, -0.15) is 5.21 Å². The maximum atomic E-state index is 11.7. The van der Waals surface area contributed by atoms with Crippen molar-refractivity contribution in [2.24, 2.45) is 0 Å². The molecule has 0 bridgehead atoms. The van der Waals surface area contributed by atoms with Crippen LogP contribution in [0.4, 0.5) is 5.69 Å². The Kier molecular flexibility index (Phi) is 5.36. The molecule has 0 spiro atoms. The second-order valence-corrected chi connectivity index (χ2v) is 6.42. The summed E-state index contributed by atoms with van der Waals surface area (Å²) in [5.74, 6) is 0.822. The highest BCUT2D eigenvalue weighted by molar-refractivity contribution is 8.04. The first kappa shape index (κ1) is 17.1. The number of H-pyrrole nitrogens is 1. The standard InChI is InChI=1S/C16H16N6O2S/c17-11-3-1-10(2-4-11)15(16-19-21-22-20-16)18-7-8-25-14-9-12(23)5-6-13(14)24/h1-6,9,15,18H,7-8,17H2,(H,19,20,21,22). The van der Waals surface area contributed by atoms with E-state index in [0.29, 0.717) is 28.7 Å². The number of nitrogens with two attached hydrogens (primary N) is 1. The molecule has 1 aromatic carbocycles. The molecule has 1 heterocycles. The lowest BCUT2D eigenvalue weighted by atomic mass is 10.1. The molecule has 1 aliphatic rings. The van der Waals surface area contributed by atoms with Crippen LogP contribution in [-0.2, 0) is 9.59 Å². The van der Waals surface area contributed by atoms with Crippen LogP contribution in [0.5, 0.6) is 0 Å². The van der Waals surface area contributed by atoms with Crippen LogP contribution in [0, 0.1) is 0 Å². The van der Waals surface area contributed by atoms with Gasteiger partial charge in [-0.05, 0) is 29.8 Å². The number of hydrogen-bond acceptors (Lipinski definition) is 8. The fourth-order valence-electron chi connectivity index (χ4n) is 2.30. The van der Waals surface area contributed by atoms with Crippen molar-refractivity contribution in [1.29, 1.82) is 0 Å². The third kappa shape index (κ3) is 4.40. The largest absolute Gasteiger partial charge is 0.399 e. The van der Waals surface area contributed by atoms with Crippen molar-refractivity contribution in [3.8, 4) is 0 Å². The molecule has 128 valence electrons. The van der Waals surface area contributed by atoms with E-state index in [1.54, 1.807) is 0 Å². The number of nitrogens with one attached hydrogen (secondary N) is 2. The molecule has 1 unspecified atom stereocenters. The fourth-order valence-corrected chi connectivity index (χ4v) is 3.15. The van der Waals surface area contributed by atoms with Crippen LogP contribution in [0.2, 0.25) is 0 Å². The second kappa shape index (κ2) is 7.86. The number of nitrogen functional groups attached to an aromatic ring is 1. The van der Waals surface area contributed by atoms with Gasteiger partial charge in [0.2, 0.25) is 0 Å². The molecule has 2 aromatic rings. The number of aromatic nitrogens is 4. The molecule has 1 aromatic heterocycles. The maximum Gasteiger partial charge on any atom is 0.195 e. The van der Waals surface area contributed by atoms with Crippen molar-refractivity contribution in [3.05, 3.63) is 58.8 Å². The predicted octanol–water partition coefficient (Wildman–Crippen LogP) is 0.786. The molecular formula is C16H16N6O2S. The van der Waals surface area contributed by atoms with Gasteiger partial charge < -0.3 is 11.1 Å². The minimum atomic E-state index is -0.252. The Hall–Kier alpha value is -2.78. The van der Waals surface area contributed by atoms with E-state index >= 15 is 0 Å². The highest BCUT2D eigenvalue weighted by atomic mass is 32.2. The van der Waals surface area contributed by atoms with Crippen molar-refractivity contribution in [2.75, 3.05) is 18.0 Å². The number of hydrogen-bond donors (Lipinski definition) is 3. The molecule has 8 nitrogen and oxygen atoms in total. The molecule has 0 amide bonds. The summed E-state index contributed by atoms with van der Waals surface area (Å²) < 4.78 is 0. The summed E-state index contributed by atoms with van der Waals surface area (Å²) in [6.45, 7) is 0.580. The van der Waals surface area contributed by atoms with Crippen LogP contribution in [0.25, 0.3) is 0 Å². The normalized spacial score (nSPS) is 15.3. The zero-order chi connectivity index (χ0) is 17.6. The number of allylic oxidation sites excluding steroid dienone is 4. The minimum Gasteiger partial charge on any atom is -0.399 e. The molecule has 1 aliphatic carbocycles. The number of rotatable bonds is 7. The number of aromatic amines is 1. The van der Waals surface area contributed by atoms with Gasteiger partial charge >= 0.3 is 0 Å². The van der Waals surface area contributed by atoms with Gasteiger partial charge in [-0.25, -0.2) is 0 Å². The summed E-state index contributed by atoms with van der Waals surface area (Å²) in [6.07, 6.45) is 3.94. The number of ketones is 2. The van der Waals surface area contributed by atoms with Gasteiger partial charge in [-0.15, -0.1) is 22.0 Å². The highest BCUT2D eigenvalue weighted by Gasteiger charge is 2.18. The van der Waals surface area contributed by atoms with Crippen molar-refractivity contribution < 1.29 is 9.59 Å². The van der Waals surface area contributed by atoms with E-state index in [9.17, 15) is 9.59 Å². The van der Waals surface area contributed by atoms with Gasteiger partial charge in [0.1, 0.15) is 0 Å². The molecule has 25 heavy (non-hydrogen) atoms. The number of thioether (sulfide) groups is 1. The molecule has 0 fully saturated rings. The van der Waals surface area contributed by atoms with E-state index < -0.39 is 0 Å². The predicted molar refractivity (Wildman–Crippen MR) is 94.6 cm³/mol. The van der Waals surface area contributed by atoms with Crippen LogP contribution in [0.15, 0.2) is 47.4 Å². The number of carbonyl (C=O) groups is 2. The molecule has 4 N–H and O–H groups in total. The van der Waals surface area contributed by atoms with Crippen LogP contribution in [0.1, 0.15) is 17.4 Å². The first-order valence-electron chi connectivity index (χ1n) is 7.56. The van der Waals surface area contributed by atoms with Crippen molar-refractivity contribution >= 4 is 29.0 Å². The number of nitrogens with zero attached hydrogens (tertiary/aromatic N) is 3. The topological polar surface area (TPSA) is 127 Å². The minimum absolute atomic E-state index is 0.141. The summed E-state index contributed by atoms with van der Waals surface area (Å²) in [7, 11) is 0. The van der Waals surface area contributed by atoms with Crippen LogP contribution in [-0.4, -0.2) is 44.5 Å². The van der Waals surface area contributed by atoms with E-state index in [1.807, 2.05) is 24.3 Å². The lowest BCUT2D eigenvalue weighted by Crippen LogP contribution is -2.26. The van der Waals surface area contributed by atoms with Gasteiger partial charge in [0, 0.05) is 24.1 Å². The Morgan fingerprint density at radius 1 is 1.20 bits per heavy atom. The van der Waals surface area contributed by atoms with E-state index in [0.717, 1.165) is 5.56 Å². The Labute approximate surface area is 147 Å². The van der Waals surface area contributed by atoms with Crippen LogP contribution >= 0.6 is 11.8 Å². The van der Waals surface area contributed by atoms with E-state index in [-0.39, 0.29) is 17.6 Å². The number of tetrazole rings is 1. The average molecular weight is 356 g/mol. The third-order valence-corrected chi connectivity index (χ3v) is 4.55. The van der Waals surface area contributed by atoms with Gasteiger partial charge in [-0.1, -0.05) is 17.3 Å². The number of anilines is 1. The van der Waals surface area contributed by atoms with Crippen molar-refractivity contribution in [2.45, 2.75) is 6.04 Å². The summed E-state index contributed by atoms with van der Waals surface area (Å²) in [6, 6.07) is 7.16. The molecule has 0 radical (unpaired) electrons. The Balaban J connectivity index is 1.61. The van der Waals surface area contributed by atoms with Gasteiger partial charge in [0.15, 0.2) is 17.4 Å². The SMILES string of the molecule is Nc1ccc(C(NCCSC2=CC(=O)C=CC2=O)c2nn[nH]n2)cc1. The van der Waals surface area contributed by atoms with Crippen LogP contribution < -0.4 is 11.1 Å². The Morgan fingerprint density at radius 3 is 2.72 bits per heavy atom. The number of carbonyl (C=O) groups excluding carboxylic acids is 2. The quantitative estimate of drug-likeness (QED) is 0.377. The van der Waals surface area contributed by atoms with Gasteiger partial charge in [0.05, 0.1) is 10.9 Å². The Morgan fingerprint density at radius 2 is 2.00 bits per heavy atom. The van der Waals surface area contributed by atoms with E-state index in [4.69, 9.17) is 5.73 Å². The van der Waals surface area contributed by atoms with Gasteiger partial charge in [0.25, 0.3) is 0 Å². The fraction of sp³-hybridized carbons (Fsp3) is 0.188. The first-order valence-corrected chi connectivity index (χ1v) is 8.55. The highest BCUT2D eigenvalue weighted by Crippen LogP contribution is 2.22. The molecular weight excluding hydrogens is 340 g/mol. The molecule has 9 heteroatoms. The zero-order valence-corrected chi connectivity index (χ0v) is 14.0. The summed E-state index contributed by atoms with van der Waals surface area (Å²) in [5.41, 5.74) is 7.35. The molecule has 1 atom stereocenters. The Bertz CT molecular complexity index is 814. The number of benzene rings is 1. The van der Waals surface area contributed by atoms with Gasteiger partial charge in [-0.3, -0.25) is 9.59 Å². The lowest BCUT2D eigenvalue weighted by molar-refractivity contribution is -0.114. The second-order valence-electron chi connectivity index (χ2n) is 5.28. The molecule has 0 saturated heterocycles. The van der Waals surface area contributed by atoms with E-state index in [1.165, 1.54) is 30.0 Å². The molecule has 0 saturated carbocycles. The van der Waals surface area contributed by atoms with E-state index in [2.05, 4.69) is 25.9 Å². The zero-order valence-electron chi connectivity index (χ0n) is 13.2. The summed E-state index contributed by atoms with van der Waals surface area (Å²) in [4.78, 5) is 23.5. The lowest BCUT2D eigenvalue weighted by Gasteiger charge is -2.16. The monoisotopic (exact) mass is 356 g/mol. The maximum absolute atomic E-state index is 11.7. The van der Waals surface area contributed by atoms with Crippen molar-refractivity contribution in [3.63, 3.8) is 0 Å².